The monoisotopic (exact) mass is 144 g/mol. The van der Waals surface area contributed by atoms with Crippen molar-refractivity contribution in [3.05, 3.63) is 12.7 Å². The summed E-state index contributed by atoms with van der Waals surface area (Å²) in [7, 11) is 0. The van der Waals surface area contributed by atoms with Gasteiger partial charge in [-0.15, -0.1) is 6.58 Å². The molecule has 4 heteroatoms. The molecule has 10 heavy (non-hydrogen) atoms. The molecule has 0 fully saturated rings. The maximum absolute atomic E-state index is 10.2. The summed E-state index contributed by atoms with van der Waals surface area (Å²) >= 11 is 0. The second kappa shape index (κ2) is 5.81. The lowest BCUT2D eigenvalue weighted by atomic mass is 10.5. The van der Waals surface area contributed by atoms with Crippen molar-refractivity contribution in [2.24, 2.45) is 0 Å². The molecule has 56 valence electrons. The molecule has 4 nitrogen and oxygen atoms in total. The quantitative estimate of drug-likeness (QED) is 0.193. The Bertz CT molecular complexity index is 130. The average Bonchev–Trinajstić information content (AvgIpc) is 1.89. The lowest BCUT2D eigenvalue weighted by Crippen LogP contribution is -2.06. The molecule has 0 radical (unpaired) electrons. The molecular formula is C6H8O4. The summed E-state index contributed by atoms with van der Waals surface area (Å²) in [4.78, 5) is 19.7. The first kappa shape index (κ1) is 8.68. The molecule has 0 amide bonds. The third kappa shape index (κ3) is 4.83. The van der Waals surface area contributed by atoms with E-state index in [1.807, 2.05) is 0 Å². The van der Waals surface area contributed by atoms with Crippen molar-refractivity contribution < 1.29 is 19.1 Å². The average molecular weight is 144 g/mol. The van der Waals surface area contributed by atoms with E-state index in [2.05, 4.69) is 16.1 Å². The van der Waals surface area contributed by atoms with Gasteiger partial charge in [-0.05, 0) is 6.42 Å². The lowest BCUT2D eigenvalue weighted by Gasteiger charge is -1.97. The van der Waals surface area contributed by atoms with Gasteiger partial charge in [0, 0.05) is 0 Å². The van der Waals surface area contributed by atoms with E-state index >= 15 is 0 Å². The molecule has 0 aromatic carbocycles. The van der Waals surface area contributed by atoms with Crippen LogP contribution in [0.2, 0.25) is 0 Å². The van der Waals surface area contributed by atoms with Crippen molar-refractivity contribution in [3.63, 3.8) is 0 Å². The van der Waals surface area contributed by atoms with E-state index in [0.717, 1.165) is 0 Å². The molecule has 0 bridgehead atoms. The van der Waals surface area contributed by atoms with Crippen LogP contribution in [0.15, 0.2) is 12.7 Å². The van der Waals surface area contributed by atoms with Crippen LogP contribution in [0.3, 0.4) is 0 Å². The molecule has 0 aliphatic carbocycles. The molecule has 0 saturated carbocycles. The van der Waals surface area contributed by atoms with Crippen LogP contribution in [0.25, 0.3) is 0 Å². The van der Waals surface area contributed by atoms with Crippen molar-refractivity contribution in [3.8, 4) is 0 Å². The van der Waals surface area contributed by atoms with Gasteiger partial charge in [0.1, 0.15) is 0 Å². The van der Waals surface area contributed by atoms with Crippen molar-refractivity contribution in [2.75, 3.05) is 6.61 Å². The topological polar surface area (TPSA) is 52.6 Å². The Morgan fingerprint density at radius 1 is 1.60 bits per heavy atom. The summed E-state index contributed by atoms with van der Waals surface area (Å²) in [6.45, 7) is 3.62. The van der Waals surface area contributed by atoms with E-state index in [0.29, 0.717) is 6.42 Å². The van der Waals surface area contributed by atoms with Crippen molar-refractivity contribution in [1.82, 2.24) is 0 Å². The lowest BCUT2D eigenvalue weighted by molar-refractivity contribution is -0.125. The molecule has 0 aromatic heterocycles. The Kier molecular flexibility index (Phi) is 5.04. The third-order valence-corrected chi connectivity index (χ3v) is 0.686. The SMILES string of the molecule is C=CCCOC(=O)OC=O. The van der Waals surface area contributed by atoms with Gasteiger partial charge in [0.15, 0.2) is 0 Å². The highest BCUT2D eigenvalue weighted by Gasteiger charge is 1.99. The molecule has 0 spiro atoms. The summed E-state index contributed by atoms with van der Waals surface area (Å²) in [5.41, 5.74) is 0. The van der Waals surface area contributed by atoms with Gasteiger partial charge in [0.25, 0.3) is 0 Å². The fraction of sp³-hybridized carbons (Fsp3) is 0.333. The van der Waals surface area contributed by atoms with Gasteiger partial charge in [-0.25, -0.2) is 4.79 Å². The van der Waals surface area contributed by atoms with E-state index in [1.165, 1.54) is 0 Å². The van der Waals surface area contributed by atoms with E-state index in [4.69, 9.17) is 0 Å². The number of ether oxygens (including phenoxy) is 2. The van der Waals surface area contributed by atoms with Crippen LogP contribution in [-0.2, 0) is 14.3 Å². The van der Waals surface area contributed by atoms with Crippen LogP contribution in [0.5, 0.6) is 0 Å². The zero-order valence-corrected chi connectivity index (χ0v) is 5.41. The minimum Gasteiger partial charge on any atom is -0.434 e. The maximum atomic E-state index is 10.2. The van der Waals surface area contributed by atoms with Gasteiger partial charge in [-0.1, -0.05) is 6.08 Å². The van der Waals surface area contributed by atoms with E-state index in [1.54, 1.807) is 6.08 Å². The Morgan fingerprint density at radius 2 is 2.30 bits per heavy atom. The Hall–Kier alpha value is -1.32. The second-order valence-corrected chi connectivity index (χ2v) is 1.39. The minimum atomic E-state index is -0.975. The van der Waals surface area contributed by atoms with Crippen LogP contribution < -0.4 is 0 Å². The first-order valence-electron chi connectivity index (χ1n) is 2.69. The maximum Gasteiger partial charge on any atom is 0.515 e. The highest BCUT2D eigenvalue weighted by Crippen LogP contribution is 1.86. The van der Waals surface area contributed by atoms with Gasteiger partial charge in [-0.2, -0.15) is 0 Å². The van der Waals surface area contributed by atoms with Gasteiger partial charge in [0.2, 0.25) is 0 Å². The number of carbonyl (C=O) groups is 2. The fourth-order valence-electron chi connectivity index (χ4n) is 0.299. The van der Waals surface area contributed by atoms with E-state index < -0.39 is 6.16 Å². The smallest absolute Gasteiger partial charge is 0.434 e. The Labute approximate surface area is 58.4 Å². The summed E-state index contributed by atoms with van der Waals surface area (Å²) < 4.78 is 8.17. The zero-order chi connectivity index (χ0) is 7.82. The molecular weight excluding hydrogens is 136 g/mol. The largest absolute Gasteiger partial charge is 0.515 e. The summed E-state index contributed by atoms with van der Waals surface area (Å²) in [6, 6.07) is 0. The molecule has 0 atom stereocenters. The summed E-state index contributed by atoms with van der Waals surface area (Å²) in [5.74, 6) is 0. The number of carbonyl (C=O) groups excluding carboxylic acids is 2. The number of hydrogen-bond donors (Lipinski definition) is 0. The van der Waals surface area contributed by atoms with E-state index in [9.17, 15) is 9.59 Å². The molecule has 0 aliphatic heterocycles. The summed E-state index contributed by atoms with van der Waals surface area (Å²) in [5, 5.41) is 0. The Balaban J connectivity index is 3.20. The molecule has 0 aliphatic rings. The molecule has 0 rings (SSSR count). The van der Waals surface area contributed by atoms with Gasteiger partial charge in [0.05, 0.1) is 6.61 Å². The first-order chi connectivity index (χ1) is 4.81. The van der Waals surface area contributed by atoms with Crippen molar-refractivity contribution in [2.45, 2.75) is 6.42 Å². The van der Waals surface area contributed by atoms with Gasteiger partial charge >= 0.3 is 12.6 Å². The van der Waals surface area contributed by atoms with Crippen LogP contribution in [0, 0.1) is 0 Å². The van der Waals surface area contributed by atoms with Crippen molar-refractivity contribution >= 4 is 12.6 Å². The highest BCUT2D eigenvalue weighted by atomic mass is 16.7. The molecule has 0 unspecified atom stereocenters. The molecule has 0 saturated heterocycles. The molecule has 0 heterocycles. The fourth-order valence-corrected chi connectivity index (χ4v) is 0.299. The summed E-state index contributed by atoms with van der Waals surface area (Å²) in [6.07, 6.45) is 1.17. The third-order valence-electron chi connectivity index (χ3n) is 0.686. The minimum absolute atomic E-state index is 0.0241. The predicted molar refractivity (Wildman–Crippen MR) is 33.3 cm³/mol. The van der Waals surface area contributed by atoms with Crippen LogP contribution in [-0.4, -0.2) is 19.2 Å². The standard InChI is InChI=1S/C6H8O4/c1-2-3-4-9-6(8)10-5-7/h2,5H,1,3-4H2. The van der Waals surface area contributed by atoms with Gasteiger partial charge in [-0.3, -0.25) is 4.79 Å². The number of hydrogen-bond acceptors (Lipinski definition) is 4. The van der Waals surface area contributed by atoms with Crippen LogP contribution in [0.1, 0.15) is 6.42 Å². The van der Waals surface area contributed by atoms with Gasteiger partial charge < -0.3 is 9.47 Å². The molecule has 0 N–H and O–H groups in total. The Morgan fingerprint density at radius 3 is 2.80 bits per heavy atom. The zero-order valence-electron chi connectivity index (χ0n) is 5.41. The number of rotatable bonds is 4. The molecule has 0 aromatic rings. The van der Waals surface area contributed by atoms with Crippen molar-refractivity contribution in [1.29, 1.82) is 0 Å². The van der Waals surface area contributed by atoms with Crippen LogP contribution >= 0.6 is 0 Å². The highest BCUT2D eigenvalue weighted by molar-refractivity contribution is 5.69. The van der Waals surface area contributed by atoms with Crippen LogP contribution in [0.4, 0.5) is 4.79 Å². The first-order valence-corrected chi connectivity index (χ1v) is 2.69. The van der Waals surface area contributed by atoms with E-state index in [-0.39, 0.29) is 13.1 Å². The normalized spacial score (nSPS) is 8.00. The second-order valence-electron chi connectivity index (χ2n) is 1.39. The predicted octanol–water partition coefficient (Wildman–Crippen LogP) is 0.872.